The zero-order chi connectivity index (χ0) is 10.8. The summed E-state index contributed by atoms with van der Waals surface area (Å²) in [7, 11) is 1.48. The van der Waals surface area contributed by atoms with E-state index in [1.165, 1.54) is 13.3 Å². The van der Waals surface area contributed by atoms with Gasteiger partial charge in [0.05, 0.1) is 7.11 Å². The van der Waals surface area contributed by atoms with Crippen molar-refractivity contribution >= 4 is 0 Å². The maximum Gasteiger partial charge on any atom is 0.163 e. The average Bonchev–Trinajstić information content (AvgIpc) is 2.15. The normalized spacial score (nSPS) is 13.8. The van der Waals surface area contributed by atoms with Crippen molar-refractivity contribution in [2.24, 2.45) is 5.73 Å². The van der Waals surface area contributed by atoms with Crippen molar-refractivity contribution < 1.29 is 9.13 Å². The van der Waals surface area contributed by atoms with E-state index in [-0.39, 0.29) is 5.69 Å². The number of hydrogen-bond acceptors (Lipinski definition) is 3. The topological polar surface area (TPSA) is 48.1 Å². The highest BCUT2D eigenvalue weighted by atomic mass is 19.1. The zero-order valence-corrected chi connectivity index (χ0v) is 8.62. The van der Waals surface area contributed by atoms with Gasteiger partial charge in [-0.2, -0.15) is 0 Å². The Labute approximate surface area is 83.1 Å². The Bertz CT molecular complexity index is 309. The molecule has 0 amide bonds. The molecule has 14 heavy (non-hydrogen) atoms. The summed E-state index contributed by atoms with van der Waals surface area (Å²) in [5.74, 6) is 0.429. The molecular formula is C10H15FN2O. The molecule has 0 aliphatic carbocycles. The van der Waals surface area contributed by atoms with Gasteiger partial charge < -0.3 is 10.5 Å². The number of hydrogen-bond donors (Lipinski definition) is 1. The highest BCUT2D eigenvalue weighted by Crippen LogP contribution is 2.31. The van der Waals surface area contributed by atoms with Crippen LogP contribution in [0.5, 0.6) is 5.75 Å². The molecule has 0 bridgehead atoms. The Morgan fingerprint density at radius 2 is 2.21 bits per heavy atom. The number of methoxy groups -OCH3 is 1. The van der Waals surface area contributed by atoms with Crippen LogP contribution in [0.2, 0.25) is 0 Å². The first-order valence-electron chi connectivity index (χ1n) is 4.38. The van der Waals surface area contributed by atoms with Crippen molar-refractivity contribution in [3.05, 3.63) is 24.0 Å². The largest absolute Gasteiger partial charge is 0.495 e. The van der Waals surface area contributed by atoms with Crippen LogP contribution < -0.4 is 10.5 Å². The Hall–Kier alpha value is -1.16. The summed E-state index contributed by atoms with van der Waals surface area (Å²) in [4.78, 5) is 3.94. The van der Waals surface area contributed by atoms with E-state index in [2.05, 4.69) is 4.98 Å². The first kappa shape index (κ1) is 10.9. The van der Waals surface area contributed by atoms with Crippen molar-refractivity contribution in [2.45, 2.75) is 25.6 Å². The third-order valence-corrected chi connectivity index (χ3v) is 1.91. The Morgan fingerprint density at radius 3 is 2.71 bits per heavy atom. The third kappa shape index (κ3) is 2.20. The number of ether oxygens (including phenoxy) is 1. The summed E-state index contributed by atoms with van der Waals surface area (Å²) < 4.78 is 18.8. The number of nitrogens with two attached hydrogens (primary N) is 1. The SMILES string of the molecule is COc1cccnc1C(F)C(C)(C)N. The van der Waals surface area contributed by atoms with Gasteiger partial charge in [0.2, 0.25) is 0 Å². The molecule has 1 aromatic heterocycles. The van der Waals surface area contributed by atoms with Crippen molar-refractivity contribution in [3.63, 3.8) is 0 Å². The highest BCUT2D eigenvalue weighted by Gasteiger charge is 2.30. The van der Waals surface area contributed by atoms with E-state index < -0.39 is 11.7 Å². The summed E-state index contributed by atoms with van der Waals surface area (Å²) in [5, 5.41) is 0. The van der Waals surface area contributed by atoms with E-state index in [0.29, 0.717) is 5.75 Å². The summed E-state index contributed by atoms with van der Waals surface area (Å²) in [6, 6.07) is 3.36. The Balaban J connectivity index is 3.06. The van der Waals surface area contributed by atoms with Crippen molar-refractivity contribution in [2.75, 3.05) is 7.11 Å². The second-order valence-corrected chi connectivity index (χ2v) is 3.77. The summed E-state index contributed by atoms with van der Waals surface area (Å²) >= 11 is 0. The highest BCUT2D eigenvalue weighted by molar-refractivity contribution is 5.30. The maximum absolute atomic E-state index is 13.8. The van der Waals surface area contributed by atoms with Gasteiger partial charge in [0.15, 0.2) is 6.17 Å². The molecule has 4 heteroatoms. The molecule has 0 radical (unpaired) electrons. The van der Waals surface area contributed by atoms with Crippen LogP contribution in [0.1, 0.15) is 25.7 Å². The monoisotopic (exact) mass is 198 g/mol. The molecule has 1 unspecified atom stereocenters. The summed E-state index contributed by atoms with van der Waals surface area (Å²) in [6.45, 7) is 3.23. The minimum Gasteiger partial charge on any atom is -0.495 e. The fourth-order valence-corrected chi connectivity index (χ4v) is 1.12. The lowest BCUT2D eigenvalue weighted by Gasteiger charge is -2.24. The number of halogens is 1. The van der Waals surface area contributed by atoms with Crippen LogP contribution in [0.15, 0.2) is 18.3 Å². The van der Waals surface area contributed by atoms with Gasteiger partial charge in [0, 0.05) is 11.7 Å². The molecule has 0 aliphatic heterocycles. The predicted molar refractivity (Wildman–Crippen MR) is 52.9 cm³/mol. The Kier molecular flexibility index (Phi) is 3.06. The van der Waals surface area contributed by atoms with Crippen LogP contribution in [-0.2, 0) is 0 Å². The molecule has 0 spiro atoms. The molecule has 0 saturated carbocycles. The summed E-state index contributed by atoms with van der Waals surface area (Å²) in [6.07, 6.45) is 0.189. The average molecular weight is 198 g/mol. The first-order valence-corrected chi connectivity index (χ1v) is 4.38. The van der Waals surface area contributed by atoms with Crippen molar-refractivity contribution in [1.29, 1.82) is 0 Å². The quantitative estimate of drug-likeness (QED) is 0.806. The van der Waals surface area contributed by atoms with Gasteiger partial charge in [0.25, 0.3) is 0 Å². The molecule has 0 fully saturated rings. The maximum atomic E-state index is 13.8. The van der Waals surface area contributed by atoms with Gasteiger partial charge in [-0.15, -0.1) is 0 Å². The lowest BCUT2D eigenvalue weighted by molar-refractivity contribution is 0.211. The predicted octanol–water partition coefficient (Wildman–Crippen LogP) is 1.84. The smallest absolute Gasteiger partial charge is 0.163 e. The molecule has 3 nitrogen and oxygen atoms in total. The van der Waals surface area contributed by atoms with Gasteiger partial charge in [-0.25, -0.2) is 4.39 Å². The zero-order valence-electron chi connectivity index (χ0n) is 8.62. The molecular weight excluding hydrogens is 183 g/mol. The second-order valence-electron chi connectivity index (χ2n) is 3.77. The molecule has 0 aromatic carbocycles. The third-order valence-electron chi connectivity index (χ3n) is 1.91. The van der Waals surface area contributed by atoms with E-state index in [1.807, 2.05) is 0 Å². The van der Waals surface area contributed by atoms with Crippen LogP contribution >= 0.6 is 0 Å². The standard InChI is InChI=1S/C10H15FN2O/c1-10(2,12)9(11)8-7(14-3)5-4-6-13-8/h4-6,9H,12H2,1-3H3. The molecule has 2 N–H and O–H groups in total. The van der Waals surface area contributed by atoms with Gasteiger partial charge >= 0.3 is 0 Å². The lowest BCUT2D eigenvalue weighted by atomic mass is 9.97. The summed E-state index contributed by atoms with van der Waals surface area (Å²) in [5.41, 5.74) is 4.96. The number of rotatable bonds is 3. The van der Waals surface area contributed by atoms with Crippen molar-refractivity contribution in [1.82, 2.24) is 4.98 Å². The fraction of sp³-hybridized carbons (Fsp3) is 0.500. The van der Waals surface area contributed by atoms with Crippen molar-refractivity contribution in [3.8, 4) is 5.75 Å². The van der Waals surface area contributed by atoms with E-state index in [1.54, 1.807) is 26.0 Å². The number of alkyl halides is 1. The number of aromatic nitrogens is 1. The van der Waals surface area contributed by atoms with Crippen LogP contribution in [-0.4, -0.2) is 17.6 Å². The van der Waals surface area contributed by atoms with E-state index in [9.17, 15) is 4.39 Å². The number of pyridine rings is 1. The van der Waals surface area contributed by atoms with Crippen LogP contribution in [0, 0.1) is 0 Å². The van der Waals surface area contributed by atoms with E-state index in [4.69, 9.17) is 10.5 Å². The van der Waals surface area contributed by atoms with Crippen LogP contribution in [0.3, 0.4) is 0 Å². The molecule has 0 aliphatic rings. The van der Waals surface area contributed by atoms with E-state index >= 15 is 0 Å². The van der Waals surface area contributed by atoms with Crippen LogP contribution in [0.4, 0.5) is 4.39 Å². The molecule has 1 rings (SSSR count). The van der Waals surface area contributed by atoms with E-state index in [0.717, 1.165) is 0 Å². The van der Waals surface area contributed by atoms with Gasteiger partial charge in [-0.1, -0.05) is 0 Å². The molecule has 1 heterocycles. The second kappa shape index (κ2) is 3.92. The molecule has 0 saturated heterocycles. The van der Waals surface area contributed by atoms with Gasteiger partial charge in [-0.3, -0.25) is 4.98 Å². The van der Waals surface area contributed by atoms with Crippen LogP contribution in [0.25, 0.3) is 0 Å². The Morgan fingerprint density at radius 1 is 1.57 bits per heavy atom. The molecule has 78 valence electrons. The molecule has 1 atom stereocenters. The molecule has 1 aromatic rings. The van der Waals surface area contributed by atoms with Gasteiger partial charge in [0.1, 0.15) is 11.4 Å². The number of nitrogens with zero attached hydrogens (tertiary/aromatic N) is 1. The fourth-order valence-electron chi connectivity index (χ4n) is 1.12. The minimum absolute atomic E-state index is 0.252. The first-order chi connectivity index (χ1) is 6.46. The van der Waals surface area contributed by atoms with Gasteiger partial charge in [-0.05, 0) is 26.0 Å². The lowest BCUT2D eigenvalue weighted by Crippen LogP contribution is -2.37. The minimum atomic E-state index is -1.33.